The molecule has 0 saturated heterocycles. The van der Waals surface area contributed by atoms with Crippen LogP contribution in [0.4, 0.5) is 17.1 Å². The standard InChI is InChI=1S/C14H16N4O4S/c1-9-3-5-12(10(2)7-9)17-23(21,22)11-4-6-13(16-15)14(8-11)18(19)20/h3-8,16-17H,15H2,1-2H3. The lowest BCUT2D eigenvalue weighted by Gasteiger charge is -2.12. The number of nitrogens with zero attached hydrogens (tertiary/aromatic N) is 1. The zero-order valence-corrected chi connectivity index (χ0v) is 13.3. The molecule has 0 aromatic heterocycles. The van der Waals surface area contributed by atoms with E-state index in [-0.39, 0.29) is 10.6 Å². The van der Waals surface area contributed by atoms with E-state index in [1.54, 1.807) is 19.1 Å². The Hall–Kier alpha value is -2.65. The highest BCUT2D eigenvalue weighted by molar-refractivity contribution is 7.92. The Morgan fingerprint density at radius 2 is 1.74 bits per heavy atom. The number of anilines is 2. The normalized spacial score (nSPS) is 11.1. The van der Waals surface area contributed by atoms with Gasteiger partial charge in [0.15, 0.2) is 0 Å². The van der Waals surface area contributed by atoms with Gasteiger partial charge in [0.2, 0.25) is 0 Å². The Balaban J connectivity index is 2.43. The summed E-state index contributed by atoms with van der Waals surface area (Å²) in [4.78, 5) is 10.1. The fraction of sp³-hybridized carbons (Fsp3) is 0.143. The number of hydrogen-bond acceptors (Lipinski definition) is 6. The number of hydrazine groups is 1. The van der Waals surface area contributed by atoms with Crippen molar-refractivity contribution < 1.29 is 13.3 Å². The lowest BCUT2D eigenvalue weighted by atomic mass is 10.1. The second-order valence-corrected chi connectivity index (χ2v) is 6.69. The van der Waals surface area contributed by atoms with Crippen LogP contribution in [0.5, 0.6) is 0 Å². The summed E-state index contributed by atoms with van der Waals surface area (Å²) in [6, 6.07) is 8.70. The maximum absolute atomic E-state index is 12.4. The van der Waals surface area contributed by atoms with Crippen LogP contribution in [0.25, 0.3) is 0 Å². The summed E-state index contributed by atoms with van der Waals surface area (Å²) in [5, 5.41) is 11.0. The molecule has 8 nitrogen and oxygen atoms in total. The molecule has 0 unspecified atom stereocenters. The number of nitrogens with two attached hydrogens (primary N) is 1. The van der Waals surface area contributed by atoms with Gasteiger partial charge >= 0.3 is 0 Å². The molecule has 0 fully saturated rings. The lowest BCUT2D eigenvalue weighted by Crippen LogP contribution is -2.15. The van der Waals surface area contributed by atoms with Crippen LogP contribution in [0.3, 0.4) is 0 Å². The quantitative estimate of drug-likeness (QED) is 0.437. The van der Waals surface area contributed by atoms with Crippen molar-refractivity contribution in [1.82, 2.24) is 0 Å². The molecule has 0 amide bonds. The molecule has 0 saturated carbocycles. The molecule has 0 heterocycles. The van der Waals surface area contributed by atoms with Gasteiger partial charge in [-0.3, -0.25) is 20.7 Å². The fourth-order valence-electron chi connectivity index (χ4n) is 2.08. The Morgan fingerprint density at radius 3 is 2.30 bits per heavy atom. The number of nitro benzene ring substituents is 1. The lowest BCUT2D eigenvalue weighted by molar-refractivity contribution is -0.384. The van der Waals surface area contributed by atoms with Gasteiger partial charge in [0.1, 0.15) is 5.69 Å². The summed E-state index contributed by atoms with van der Waals surface area (Å²) in [6.07, 6.45) is 0. The number of nitrogens with one attached hydrogen (secondary N) is 2. The van der Waals surface area contributed by atoms with E-state index >= 15 is 0 Å². The molecule has 0 aliphatic carbocycles. The van der Waals surface area contributed by atoms with E-state index in [9.17, 15) is 18.5 Å². The third-order valence-electron chi connectivity index (χ3n) is 3.26. The van der Waals surface area contributed by atoms with E-state index in [0.29, 0.717) is 5.69 Å². The number of benzene rings is 2. The molecule has 2 aromatic rings. The van der Waals surface area contributed by atoms with Crippen LogP contribution >= 0.6 is 0 Å². The first-order chi connectivity index (χ1) is 10.7. The minimum atomic E-state index is -3.95. The molecular formula is C14H16N4O4S. The summed E-state index contributed by atoms with van der Waals surface area (Å²) >= 11 is 0. The van der Waals surface area contributed by atoms with Crippen LogP contribution in [0, 0.1) is 24.0 Å². The van der Waals surface area contributed by atoms with E-state index in [2.05, 4.69) is 10.1 Å². The van der Waals surface area contributed by atoms with Crippen LogP contribution < -0.4 is 16.0 Å². The van der Waals surface area contributed by atoms with Crippen molar-refractivity contribution >= 4 is 27.1 Å². The minimum Gasteiger partial charge on any atom is -0.318 e. The second-order valence-electron chi connectivity index (χ2n) is 5.00. The number of aryl methyl sites for hydroxylation is 2. The summed E-state index contributed by atoms with van der Waals surface area (Å²) in [7, 11) is -3.95. The maximum Gasteiger partial charge on any atom is 0.295 e. The molecule has 0 aliphatic rings. The average Bonchev–Trinajstić information content (AvgIpc) is 2.49. The maximum atomic E-state index is 12.4. The molecule has 2 rings (SSSR count). The highest BCUT2D eigenvalue weighted by Crippen LogP contribution is 2.28. The van der Waals surface area contributed by atoms with Crippen LogP contribution in [0.1, 0.15) is 11.1 Å². The molecule has 4 N–H and O–H groups in total. The molecule has 0 bridgehead atoms. The van der Waals surface area contributed by atoms with Crippen LogP contribution in [-0.2, 0) is 10.0 Å². The fourth-order valence-corrected chi connectivity index (χ4v) is 3.23. The zero-order chi connectivity index (χ0) is 17.2. The number of rotatable bonds is 5. The molecule has 2 aromatic carbocycles. The predicted molar refractivity (Wildman–Crippen MR) is 87.6 cm³/mol. The van der Waals surface area contributed by atoms with Crippen LogP contribution in [0.15, 0.2) is 41.3 Å². The third kappa shape index (κ3) is 3.58. The first kappa shape index (κ1) is 16.7. The Bertz CT molecular complexity index is 865. The van der Waals surface area contributed by atoms with Crippen LogP contribution in [0.2, 0.25) is 0 Å². The number of sulfonamides is 1. The zero-order valence-electron chi connectivity index (χ0n) is 12.5. The van der Waals surface area contributed by atoms with E-state index in [4.69, 9.17) is 5.84 Å². The van der Waals surface area contributed by atoms with Crippen molar-refractivity contribution in [2.75, 3.05) is 10.1 Å². The average molecular weight is 336 g/mol. The second kappa shape index (κ2) is 6.23. The van der Waals surface area contributed by atoms with Crippen molar-refractivity contribution in [3.8, 4) is 0 Å². The molecule has 0 aliphatic heterocycles. The largest absolute Gasteiger partial charge is 0.318 e. The number of hydrogen-bond donors (Lipinski definition) is 3. The van der Waals surface area contributed by atoms with Gasteiger partial charge in [0.05, 0.1) is 15.5 Å². The van der Waals surface area contributed by atoms with Gasteiger partial charge in [0.25, 0.3) is 15.7 Å². The number of nitro groups is 1. The van der Waals surface area contributed by atoms with Crippen LogP contribution in [-0.4, -0.2) is 13.3 Å². The van der Waals surface area contributed by atoms with Gasteiger partial charge in [-0.25, -0.2) is 8.42 Å². The Kier molecular flexibility index (Phi) is 4.52. The van der Waals surface area contributed by atoms with E-state index in [1.807, 2.05) is 13.0 Å². The molecule has 23 heavy (non-hydrogen) atoms. The summed E-state index contributed by atoms with van der Waals surface area (Å²) in [6.45, 7) is 3.67. The number of nitrogen functional groups attached to an aromatic ring is 1. The van der Waals surface area contributed by atoms with Gasteiger partial charge in [-0.15, -0.1) is 0 Å². The molecule has 9 heteroatoms. The Morgan fingerprint density at radius 1 is 1.09 bits per heavy atom. The first-order valence-electron chi connectivity index (χ1n) is 6.60. The molecule has 0 atom stereocenters. The first-order valence-corrected chi connectivity index (χ1v) is 8.08. The third-order valence-corrected chi connectivity index (χ3v) is 4.62. The highest BCUT2D eigenvalue weighted by Gasteiger charge is 2.21. The molecule has 122 valence electrons. The Labute approximate surface area is 133 Å². The minimum absolute atomic E-state index is 0.0282. The summed E-state index contributed by atoms with van der Waals surface area (Å²) in [5.41, 5.74) is 3.94. The monoisotopic (exact) mass is 336 g/mol. The molecule has 0 radical (unpaired) electrons. The van der Waals surface area contributed by atoms with E-state index in [0.717, 1.165) is 17.2 Å². The van der Waals surface area contributed by atoms with Gasteiger partial charge < -0.3 is 5.43 Å². The molecular weight excluding hydrogens is 320 g/mol. The molecule has 0 spiro atoms. The predicted octanol–water partition coefficient (Wildman–Crippen LogP) is 2.30. The summed E-state index contributed by atoms with van der Waals surface area (Å²) < 4.78 is 27.3. The van der Waals surface area contributed by atoms with Crippen molar-refractivity contribution in [3.63, 3.8) is 0 Å². The van der Waals surface area contributed by atoms with E-state index in [1.165, 1.54) is 12.1 Å². The highest BCUT2D eigenvalue weighted by atomic mass is 32.2. The van der Waals surface area contributed by atoms with Crippen molar-refractivity contribution in [2.24, 2.45) is 5.84 Å². The van der Waals surface area contributed by atoms with Crippen molar-refractivity contribution in [3.05, 3.63) is 57.6 Å². The van der Waals surface area contributed by atoms with Gasteiger partial charge in [-0.05, 0) is 37.6 Å². The van der Waals surface area contributed by atoms with Gasteiger partial charge in [-0.2, -0.15) is 0 Å². The topological polar surface area (TPSA) is 127 Å². The van der Waals surface area contributed by atoms with E-state index < -0.39 is 20.6 Å². The SMILES string of the molecule is Cc1ccc(NS(=O)(=O)c2ccc(NN)c([N+](=O)[O-])c2)c(C)c1. The van der Waals surface area contributed by atoms with Crippen molar-refractivity contribution in [2.45, 2.75) is 18.7 Å². The smallest absolute Gasteiger partial charge is 0.295 e. The van der Waals surface area contributed by atoms with Crippen molar-refractivity contribution in [1.29, 1.82) is 0 Å². The van der Waals surface area contributed by atoms with Gasteiger partial charge in [0, 0.05) is 6.07 Å². The summed E-state index contributed by atoms with van der Waals surface area (Å²) in [5.74, 6) is 5.19. The van der Waals surface area contributed by atoms with Gasteiger partial charge in [-0.1, -0.05) is 17.7 Å².